The van der Waals surface area contributed by atoms with Crippen molar-refractivity contribution in [2.24, 2.45) is 0 Å². The number of carbonyl (C=O) groups is 2. The molecule has 1 atom stereocenters. The van der Waals surface area contributed by atoms with Crippen LogP contribution in [0.2, 0.25) is 5.02 Å². The molecular weight excluding hydrogens is 438 g/mol. The fraction of sp³-hybridized carbons (Fsp3) is 0.364. The Morgan fingerprint density at radius 3 is 2.26 bits per heavy atom. The largest absolute Gasteiger partial charge is 0.355 e. The van der Waals surface area contributed by atoms with Crippen molar-refractivity contribution in [1.82, 2.24) is 10.2 Å². The molecule has 0 spiro atoms. The zero-order valence-electron chi connectivity index (χ0n) is 18.1. The number of sulfonamides is 1. The standard InChI is InChI=1S/C22H28ClN3O4S/c1-5-24-22(28)17(3)25(14-18-9-7-6-8-16(18)2)21(27)15-26(31(4,29)30)20-12-10-19(23)11-13-20/h6-13,17H,5,14-15H2,1-4H3,(H,24,28)/t17-/m0/s1. The third kappa shape index (κ3) is 6.70. The molecular formula is C22H28ClN3O4S. The summed E-state index contributed by atoms with van der Waals surface area (Å²) in [5.74, 6) is -0.788. The number of anilines is 1. The molecule has 0 radical (unpaired) electrons. The lowest BCUT2D eigenvalue weighted by atomic mass is 10.1. The van der Waals surface area contributed by atoms with Crippen LogP contribution in [0.4, 0.5) is 5.69 Å². The van der Waals surface area contributed by atoms with E-state index in [4.69, 9.17) is 11.6 Å². The Morgan fingerprint density at radius 2 is 1.71 bits per heavy atom. The fourth-order valence-corrected chi connectivity index (χ4v) is 4.07. The van der Waals surface area contributed by atoms with Gasteiger partial charge in [0.25, 0.3) is 0 Å². The van der Waals surface area contributed by atoms with E-state index < -0.39 is 28.5 Å². The second kappa shape index (κ2) is 10.6. The maximum atomic E-state index is 13.3. The zero-order valence-corrected chi connectivity index (χ0v) is 19.7. The highest BCUT2D eigenvalue weighted by molar-refractivity contribution is 7.92. The van der Waals surface area contributed by atoms with Gasteiger partial charge in [0.1, 0.15) is 12.6 Å². The number of nitrogens with one attached hydrogen (secondary N) is 1. The van der Waals surface area contributed by atoms with Crippen LogP contribution in [0.15, 0.2) is 48.5 Å². The molecule has 2 amide bonds. The Balaban J connectivity index is 2.38. The van der Waals surface area contributed by atoms with Crippen molar-refractivity contribution in [2.75, 3.05) is 23.7 Å². The third-order valence-corrected chi connectivity index (χ3v) is 6.31. The summed E-state index contributed by atoms with van der Waals surface area (Å²) in [5.41, 5.74) is 2.17. The van der Waals surface area contributed by atoms with E-state index >= 15 is 0 Å². The van der Waals surface area contributed by atoms with Crippen LogP contribution in [0.1, 0.15) is 25.0 Å². The summed E-state index contributed by atoms with van der Waals surface area (Å²) in [6.45, 7) is 5.53. The van der Waals surface area contributed by atoms with E-state index in [9.17, 15) is 18.0 Å². The first-order chi connectivity index (χ1) is 14.5. The summed E-state index contributed by atoms with van der Waals surface area (Å²) in [5, 5.41) is 3.18. The van der Waals surface area contributed by atoms with Crippen LogP contribution < -0.4 is 9.62 Å². The molecule has 0 unspecified atom stereocenters. The Hall–Kier alpha value is -2.58. The number of amides is 2. The first-order valence-electron chi connectivity index (χ1n) is 9.89. The lowest BCUT2D eigenvalue weighted by Crippen LogP contribution is -2.51. The van der Waals surface area contributed by atoms with Gasteiger partial charge in [0, 0.05) is 18.1 Å². The second-order valence-electron chi connectivity index (χ2n) is 7.26. The summed E-state index contributed by atoms with van der Waals surface area (Å²) in [6.07, 6.45) is 1.04. The number of benzene rings is 2. The number of hydrogen-bond acceptors (Lipinski definition) is 4. The van der Waals surface area contributed by atoms with E-state index in [2.05, 4.69) is 5.32 Å². The maximum absolute atomic E-state index is 13.3. The van der Waals surface area contributed by atoms with Gasteiger partial charge in [-0.2, -0.15) is 0 Å². The molecule has 0 fully saturated rings. The van der Waals surface area contributed by atoms with E-state index in [0.717, 1.165) is 21.7 Å². The molecule has 0 saturated carbocycles. The van der Waals surface area contributed by atoms with Crippen molar-refractivity contribution < 1.29 is 18.0 Å². The number of hydrogen-bond donors (Lipinski definition) is 1. The zero-order chi connectivity index (χ0) is 23.2. The first kappa shape index (κ1) is 24.7. The summed E-state index contributed by atoms with van der Waals surface area (Å²) >= 11 is 5.91. The molecule has 2 rings (SSSR count). The number of halogens is 1. The minimum Gasteiger partial charge on any atom is -0.355 e. The van der Waals surface area contributed by atoms with Crippen LogP contribution in [0, 0.1) is 6.92 Å². The van der Waals surface area contributed by atoms with Crippen molar-refractivity contribution in [1.29, 1.82) is 0 Å². The Bertz CT molecular complexity index is 1030. The quantitative estimate of drug-likeness (QED) is 0.616. The third-order valence-electron chi connectivity index (χ3n) is 4.91. The monoisotopic (exact) mass is 465 g/mol. The molecule has 31 heavy (non-hydrogen) atoms. The maximum Gasteiger partial charge on any atom is 0.244 e. The van der Waals surface area contributed by atoms with Gasteiger partial charge in [0.05, 0.1) is 11.9 Å². The van der Waals surface area contributed by atoms with Gasteiger partial charge in [-0.15, -0.1) is 0 Å². The normalized spacial score (nSPS) is 12.2. The lowest BCUT2D eigenvalue weighted by Gasteiger charge is -2.31. The minimum absolute atomic E-state index is 0.183. The van der Waals surface area contributed by atoms with Crippen molar-refractivity contribution in [3.63, 3.8) is 0 Å². The SMILES string of the molecule is CCNC(=O)[C@H](C)N(Cc1ccccc1C)C(=O)CN(c1ccc(Cl)cc1)S(C)(=O)=O. The van der Waals surface area contributed by atoms with Crippen molar-refractivity contribution in [3.05, 3.63) is 64.7 Å². The molecule has 0 aromatic heterocycles. The molecule has 1 N–H and O–H groups in total. The molecule has 0 saturated heterocycles. The molecule has 7 nitrogen and oxygen atoms in total. The van der Waals surface area contributed by atoms with Gasteiger partial charge in [-0.1, -0.05) is 35.9 Å². The number of likely N-dealkylation sites (N-methyl/N-ethyl adjacent to an activating group) is 1. The number of aryl methyl sites for hydroxylation is 1. The summed E-state index contributed by atoms with van der Waals surface area (Å²) in [7, 11) is -3.75. The van der Waals surface area contributed by atoms with E-state index in [1.807, 2.05) is 31.2 Å². The van der Waals surface area contributed by atoms with Gasteiger partial charge >= 0.3 is 0 Å². The predicted octanol–water partition coefficient (Wildman–Crippen LogP) is 2.97. The number of carbonyl (C=O) groups excluding carboxylic acids is 2. The van der Waals surface area contributed by atoms with Crippen molar-refractivity contribution in [3.8, 4) is 0 Å². The molecule has 168 valence electrons. The molecule has 0 bridgehead atoms. The van der Waals surface area contributed by atoms with Crippen LogP contribution in [-0.2, 0) is 26.2 Å². The molecule has 2 aromatic rings. The Labute approximate surface area is 189 Å². The highest BCUT2D eigenvalue weighted by Crippen LogP contribution is 2.21. The Kier molecular flexibility index (Phi) is 8.47. The number of rotatable bonds is 9. The molecule has 0 aliphatic heterocycles. The molecule has 0 aliphatic carbocycles. The lowest BCUT2D eigenvalue weighted by molar-refractivity contribution is -0.139. The minimum atomic E-state index is -3.75. The average Bonchev–Trinajstić information content (AvgIpc) is 2.71. The molecule has 0 heterocycles. The van der Waals surface area contributed by atoms with Crippen molar-refractivity contribution in [2.45, 2.75) is 33.4 Å². The van der Waals surface area contributed by atoms with Crippen LogP contribution in [0.5, 0.6) is 0 Å². The van der Waals surface area contributed by atoms with Gasteiger partial charge in [-0.3, -0.25) is 13.9 Å². The van der Waals surface area contributed by atoms with E-state index in [-0.39, 0.29) is 12.5 Å². The fourth-order valence-electron chi connectivity index (χ4n) is 3.10. The summed E-state index contributed by atoms with van der Waals surface area (Å²) in [4.78, 5) is 27.2. The first-order valence-corrected chi connectivity index (χ1v) is 12.1. The van der Waals surface area contributed by atoms with Crippen LogP contribution in [-0.4, -0.2) is 50.5 Å². The van der Waals surface area contributed by atoms with Crippen LogP contribution in [0.25, 0.3) is 0 Å². The van der Waals surface area contributed by atoms with Gasteiger partial charge in [-0.25, -0.2) is 8.42 Å². The molecule has 2 aromatic carbocycles. The average molecular weight is 466 g/mol. The van der Waals surface area contributed by atoms with E-state index in [1.54, 1.807) is 26.0 Å². The highest BCUT2D eigenvalue weighted by Gasteiger charge is 2.30. The number of nitrogens with zero attached hydrogens (tertiary/aromatic N) is 2. The smallest absolute Gasteiger partial charge is 0.244 e. The highest BCUT2D eigenvalue weighted by atomic mass is 35.5. The van der Waals surface area contributed by atoms with Crippen molar-refractivity contribution >= 4 is 39.1 Å². The predicted molar refractivity (Wildman–Crippen MR) is 124 cm³/mol. The summed E-state index contributed by atoms with van der Waals surface area (Å²) in [6, 6.07) is 13.0. The van der Waals surface area contributed by atoms with Gasteiger partial charge in [0.15, 0.2) is 0 Å². The van der Waals surface area contributed by atoms with Crippen LogP contribution in [0.3, 0.4) is 0 Å². The van der Waals surface area contributed by atoms with Gasteiger partial charge in [0.2, 0.25) is 21.8 Å². The molecule has 0 aliphatic rings. The topological polar surface area (TPSA) is 86.8 Å². The summed E-state index contributed by atoms with van der Waals surface area (Å²) < 4.78 is 25.9. The Morgan fingerprint density at radius 1 is 1.10 bits per heavy atom. The van der Waals surface area contributed by atoms with Gasteiger partial charge < -0.3 is 10.2 Å². The molecule has 9 heteroatoms. The van der Waals surface area contributed by atoms with E-state index in [0.29, 0.717) is 17.3 Å². The van der Waals surface area contributed by atoms with Crippen LogP contribution >= 0.6 is 11.6 Å². The second-order valence-corrected chi connectivity index (χ2v) is 9.61. The van der Waals surface area contributed by atoms with E-state index in [1.165, 1.54) is 17.0 Å². The van der Waals surface area contributed by atoms with Gasteiger partial charge in [-0.05, 0) is 56.2 Å².